The first kappa shape index (κ1) is 14.8. The molecular weight excluding hydrogens is 252 g/mol. The van der Waals surface area contributed by atoms with Gasteiger partial charge in [-0.1, -0.05) is 11.6 Å². The van der Waals surface area contributed by atoms with Crippen molar-refractivity contribution in [1.82, 2.24) is 5.32 Å². The average molecular weight is 271 g/mol. The van der Waals surface area contributed by atoms with Gasteiger partial charge >= 0.3 is 0 Å². The van der Waals surface area contributed by atoms with Crippen molar-refractivity contribution in [2.75, 3.05) is 6.54 Å². The van der Waals surface area contributed by atoms with Gasteiger partial charge in [-0.2, -0.15) is 0 Å². The van der Waals surface area contributed by atoms with Crippen LogP contribution in [0.3, 0.4) is 0 Å². The van der Waals surface area contributed by atoms with E-state index >= 15 is 0 Å². The van der Waals surface area contributed by atoms with Gasteiger partial charge in [-0.25, -0.2) is 0 Å². The summed E-state index contributed by atoms with van der Waals surface area (Å²) >= 11 is 0. The Morgan fingerprint density at radius 1 is 1.56 bits per heavy atom. The lowest BCUT2D eigenvalue weighted by Gasteiger charge is -2.16. The van der Waals surface area contributed by atoms with E-state index in [0.29, 0.717) is 18.0 Å². The summed E-state index contributed by atoms with van der Waals surface area (Å²) < 4.78 is 0. The molecule has 0 radical (unpaired) electrons. The number of rotatable bonds is 4. The minimum absolute atomic E-state index is 0. The van der Waals surface area contributed by atoms with E-state index in [1.807, 2.05) is 6.92 Å². The van der Waals surface area contributed by atoms with Crippen LogP contribution in [-0.2, 0) is 0 Å². The summed E-state index contributed by atoms with van der Waals surface area (Å²) in [6, 6.07) is 5.03. The van der Waals surface area contributed by atoms with Gasteiger partial charge < -0.3 is 16.2 Å². The molecule has 0 aromatic heterocycles. The van der Waals surface area contributed by atoms with Crippen molar-refractivity contribution < 1.29 is 9.90 Å². The number of phenols is 1. The first-order chi connectivity index (χ1) is 8.11. The maximum atomic E-state index is 12.0. The summed E-state index contributed by atoms with van der Waals surface area (Å²) in [5.74, 6) is 0.282. The number of carbonyl (C=O) groups excluding carboxylic acids is 1. The van der Waals surface area contributed by atoms with Gasteiger partial charge in [0.25, 0.3) is 5.91 Å². The topological polar surface area (TPSA) is 75.3 Å². The highest BCUT2D eigenvalue weighted by Gasteiger charge is 2.31. The van der Waals surface area contributed by atoms with Crippen LogP contribution in [0.25, 0.3) is 0 Å². The number of aromatic hydroxyl groups is 1. The van der Waals surface area contributed by atoms with Gasteiger partial charge in [-0.15, -0.1) is 12.4 Å². The number of phenolic OH excluding ortho intramolecular Hbond substituents is 1. The molecule has 4 nitrogen and oxygen atoms in total. The van der Waals surface area contributed by atoms with Crippen molar-refractivity contribution in [3.63, 3.8) is 0 Å². The smallest absolute Gasteiger partial charge is 0.255 e. The molecule has 0 bridgehead atoms. The zero-order chi connectivity index (χ0) is 12.4. The van der Waals surface area contributed by atoms with E-state index < -0.39 is 0 Å². The molecule has 1 saturated carbocycles. The Morgan fingerprint density at radius 2 is 2.22 bits per heavy atom. The van der Waals surface area contributed by atoms with E-state index in [1.54, 1.807) is 18.2 Å². The van der Waals surface area contributed by atoms with Gasteiger partial charge in [0.2, 0.25) is 0 Å². The summed E-state index contributed by atoms with van der Waals surface area (Å²) in [4.78, 5) is 12.0. The Hall–Kier alpha value is -1.26. The molecule has 5 heteroatoms. The van der Waals surface area contributed by atoms with Crippen molar-refractivity contribution in [2.45, 2.75) is 25.8 Å². The monoisotopic (exact) mass is 270 g/mol. The standard InChI is InChI=1S/C13H18N2O2.ClH/c1-8-2-5-12(16)10(6-8)13(17)15-11(7-14)9-3-4-9;/h2,5-6,9,11,16H,3-4,7,14H2,1H3,(H,15,17);1H. The normalized spacial score (nSPS) is 15.7. The van der Waals surface area contributed by atoms with Crippen molar-refractivity contribution in [2.24, 2.45) is 11.7 Å². The van der Waals surface area contributed by atoms with Gasteiger partial charge in [-0.3, -0.25) is 4.79 Å². The fourth-order valence-corrected chi connectivity index (χ4v) is 1.95. The number of aryl methyl sites for hydroxylation is 1. The molecule has 1 aromatic carbocycles. The third-order valence-corrected chi connectivity index (χ3v) is 3.16. The lowest BCUT2D eigenvalue weighted by atomic mass is 10.1. The quantitative estimate of drug-likeness (QED) is 0.778. The van der Waals surface area contributed by atoms with E-state index in [9.17, 15) is 9.90 Å². The molecule has 18 heavy (non-hydrogen) atoms. The second-order valence-corrected chi connectivity index (χ2v) is 4.67. The summed E-state index contributed by atoms with van der Waals surface area (Å²) in [5.41, 5.74) is 6.90. The Morgan fingerprint density at radius 3 is 2.78 bits per heavy atom. The predicted molar refractivity (Wildman–Crippen MR) is 73.1 cm³/mol. The molecule has 1 unspecified atom stereocenters. The molecule has 2 rings (SSSR count). The van der Waals surface area contributed by atoms with Gasteiger partial charge in [0.1, 0.15) is 5.75 Å². The number of hydrogen-bond donors (Lipinski definition) is 3. The molecule has 0 saturated heterocycles. The first-order valence-corrected chi connectivity index (χ1v) is 5.92. The molecule has 1 aromatic rings. The predicted octanol–water partition coefficient (Wildman–Crippen LogP) is 1.59. The first-order valence-electron chi connectivity index (χ1n) is 5.92. The molecule has 0 heterocycles. The molecule has 1 amide bonds. The SMILES string of the molecule is Cc1ccc(O)c(C(=O)NC(CN)C2CC2)c1.Cl. The fraction of sp³-hybridized carbons (Fsp3) is 0.462. The van der Waals surface area contributed by atoms with E-state index in [2.05, 4.69) is 5.32 Å². The number of hydrogen-bond acceptors (Lipinski definition) is 3. The van der Waals surface area contributed by atoms with Crippen LogP contribution in [0.15, 0.2) is 18.2 Å². The van der Waals surface area contributed by atoms with Crippen LogP contribution >= 0.6 is 12.4 Å². The lowest BCUT2D eigenvalue weighted by Crippen LogP contribution is -2.41. The molecule has 0 spiro atoms. The summed E-state index contributed by atoms with van der Waals surface area (Å²) in [6.45, 7) is 2.33. The largest absolute Gasteiger partial charge is 0.507 e. The van der Waals surface area contributed by atoms with Crippen LogP contribution in [0.4, 0.5) is 0 Å². The van der Waals surface area contributed by atoms with Crippen LogP contribution in [0.1, 0.15) is 28.8 Å². The summed E-state index contributed by atoms with van der Waals surface area (Å²) in [6.07, 6.45) is 2.25. The second kappa shape index (κ2) is 6.07. The molecule has 1 atom stereocenters. The molecule has 1 fully saturated rings. The van der Waals surface area contributed by atoms with E-state index in [1.165, 1.54) is 0 Å². The molecule has 1 aliphatic carbocycles. The van der Waals surface area contributed by atoms with Gasteiger partial charge in [-0.05, 0) is 37.8 Å². The Bertz CT molecular complexity index is 433. The van der Waals surface area contributed by atoms with E-state index in [-0.39, 0.29) is 30.1 Å². The fourth-order valence-electron chi connectivity index (χ4n) is 1.95. The Balaban J connectivity index is 0.00000162. The number of amides is 1. The minimum atomic E-state index is -0.242. The highest BCUT2D eigenvalue weighted by atomic mass is 35.5. The van der Waals surface area contributed by atoms with Crippen LogP contribution in [0.2, 0.25) is 0 Å². The van der Waals surface area contributed by atoms with E-state index in [0.717, 1.165) is 18.4 Å². The molecular formula is C13H19ClN2O2. The Labute approximate surface area is 113 Å². The van der Waals surface area contributed by atoms with Crippen molar-refractivity contribution >= 4 is 18.3 Å². The number of carbonyl (C=O) groups is 1. The third-order valence-electron chi connectivity index (χ3n) is 3.16. The highest BCUT2D eigenvalue weighted by molar-refractivity contribution is 5.97. The van der Waals surface area contributed by atoms with Gasteiger partial charge in [0.05, 0.1) is 5.56 Å². The van der Waals surface area contributed by atoms with Crippen LogP contribution in [0, 0.1) is 12.8 Å². The third kappa shape index (κ3) is 3.37. The highest BCUT2D eigenvalue weighted by Crippen LogP contribution is 2.32. The molecule has 0 aliphatic heterocycles. The van der Waals surface area contributed by atoms with Crippen molar-refractivity contribution in [1.29, 1.82) is 0 Å². The zero-order valence-electron chi connectivity index (χ0n) is 10.3. The van der Waals surface area contributed by atoms with Crippen LogP contribution in [0.5, 0.6) is 5.75 Å². The number of halogens is 1. The molecule has 100 valence electrons. The van der Waals surface area contributed by atoms with Crippen molar-refractivity contribution in [3.05, 3.63) is 29.3 Å². The number of nitrogens with two attached hydrogens (primary N) is 1. The summed E-state index contributed by atoms with van der Waals surface area (Å²) in [5, 5.41) is 12.5. The minimum Gasteiger partial charge on any atom is -0.507 e. The molecule has 1 aliphatic rings. The van der Waals surface area contributed by atoms with Gasteiger partial charge in [0, 0.05) is 12.6 Å². The second-order valence-electron chi connectivity index (χ2n) is 4.67. The van der Waals surface area contributed by atoms with E-state index in [4.69, 9.17) is 5.73 Å². The molecule has 4 N–H and O–H groups in total. The average Bonchev–Trinajstić information content (AvgIpc) is 3.13. The van der Waals surface area contributed by atoms with Crippen LogP contribution in [-0.4, -0.2) is 23.6 Å². The van der Waals surface area contributed by atoms with Gasteiger partial charge in [0.15, 0.2) is 0 Å². The maximum Gasteiger partial charge on any atom is 0.255 e. The maximum absolute atomic E-state index is 12.0. The zero-order valence-corrected chi connectivity index (χ0v) is 11.2. The Kier molecular flexibility index (Phi) is 4.99. The number of benzene rings is 1. The number of nitrogens with one attached hydrogen (secondary N) is 1. The van der Waals surface area contributed by atoms with Crippen molar-refractivity contribution in [3.8, 4) is 5.75 Å². The van der Waals surface area contributed by atoms with Crippen LogP contribution < -0.4 is 11.1 Å². The lowest BCUT2D eigenvalue weighted by molar-refractivity contribution is 0.0930. The summed E-state index contributed by atoms with van der Waals surface area (Å²) in [7, 11) is 0.